The molecule has 0 aliphatic carbocycles. The van der Waals surface area contributed by atoms with Gasteiger partial charge in [0.2, 0.25) is 0 Å². The highest BCUT2D eigenvalue weighted by molar-refractivity contribution is 5.68. The zero-order chi connectivity index (χ0) is 13.3. The van der Waals surface area contributed by atoms with Gasteiger partial charge in [0.25, 0.3) is 0 Å². The Morgan fingerprint density at radius 3 is 2.29 bits per heavy atom. The van der Waals surface area contributed by atoms with Crippen LogP contribution in [0.1, 0.15) is 65.7 Å². The molecule has 0 bridgehead atoms. The predicted molar refractivity (Wildman–Crippen MR) is 69.8 cm³/mol. The maximum atomic E-state index is 10.9. The number of hydrogen-bond donors (Lipinski definition) is 1. The van der Waals surface area contributed by atoms with E-state index < -0.39 is 0 Å². The molecule has 102 valence electrons. The van der Waals surface area contributed by atoms with Crippen molar-refractivity contribution in [2.24, 2.45) is 5.41 Å². The van der Waals surface area contributed by atoms with Gasteiger partial charge in [0, 0.05) is 6.42 Å². The Bertz CT molecular complexity index is 206. The maximum absolute atomic E-state index is 10.9. The van der Waals surface area contributed by atoms with E-state index in [0.717, 1.165) is 38.5 Å². The number of carbonyl (C=O) groups is 1. The smallest absolute Gasteiger partial charge is 0.305 e. The van der Waals surface area contributed by atoms with Crippen molar-refractivity contribution in [3.63, 3.8) is 0 Å². The van der Waals surface area contributed by atoms with Crippen molar-refractivity contribution in [1.82, 2.24) is 0 Å². The van der Waals surface area contributed by atoms with Crippen LogP contribution in [0.4, 0.5) is 0 Å². The van der Waals surface area contributed by atoms with Crippen LogP contribution in [0.3, 0.4) is 0 Å². The van der Waals surface area contributed by atoms with Crippen LogP contribution < -0.4 is 0 Å². The molecular weight excluding hydrogens is 216 g/mol. The zero-order valence-electron chi connectivity index (χ0n) is 11.8. The molecule has 0 aliphatic rings. The van der Waals surface area contributed by atoms with Crippen molar-refractivity contribution in [3.8, 4) is 0 Å². The summed E-state index contributed by atoms with van der Waals surface area (Å²) in [7, 11) is 1.41. The summed E-state index contributed by atoms with van der Waals surface area (Å²) in [5.41, 5.74) is 0.352. The number of ether oxygens (including phenoxy) is 1. The molecule has 0 spiro atoms. The third kappa shape index (κ3) is 11.7. The SMILES string of the molecule is COC(=O)CCCC[C@H](O)CCCC(C)(C)C. The molecule has 0 rings (SSSR count). The summed E-state index contributed by atoms with van der Waals surface area (Å²) in [6, 6.07) is 0. The van der Waals surface area contributed by atoms with E-state index in [2.05, 4.69) is 25.5 Å². The monoisotopic (exact) mass is 244 g/mol. The number of esters is 1. The van der Waals surface area contributed by atoms with Crippen LogP contribution >= 0.6 is 0 Å². The van der Waals surface area contributed by atoms with Gasteiger partial charge >= 0.3 is 5.97 Å². The molecule has 3 heteroatoms. The molecular formula is C14H28O3. The second kappa shape index (κ2) is 8.51. The first-order valence-corrected chi connectivity index (χ1v) is 6.60. The van der Waals surface area contributed by atoms with E-state index in [-0.39, 0.29) is 12.1 Å². The largest absolute Gasteiger partial charge is 0.469 e. The molecule has 0 amide bonds. The van der Waals surface area contributed by atoms with Gasteiger partial charge in [0.15, 0.2) is 0 Å². The van der Waals surface area contributed by atoms with Gasteiger partial charge < -0.3 is 9.84 Å². The molecule has 0 fully saturated rings. The third-order valence-electron chi connectivity index (χ3n) is 2.86. The molecule has 0 unspecified atom stereocenters. The molecule has 0 saturated carbocycles. The average molecular weight is 244 g/mol. The lowest BCUT2D eigenvalue weighted by Crippen LogP contribution is -2.10. The van der Waals surface area contributed by atoms with Gasteiger partial charge in [-0.15, -0.1) is 0 Å². The van der Waals surface area contributed by atoms with Gasteiger partial charge in [0.1, 0.15) is 0 Å². The van der Waals surface area contributed by atoms with E-state index in [4.69, 9.17) is 0 Å². The topological polar surface area (TPSA) is 46.5 Å². The highest BCUT2D eigenvalue weighted by Crippen LogP contribution is 2.22. The summed E-state index contributed by atoms with van der Waals surface area (Å²) in [6.45, 7) is 6.65. The van der Waals surface area contributed by atoms with E-state index in [1.165, 1.54) is 7.11 Å². The molecule has 0 saturated heterocycles. The van der Waals surface area contributed by atoms with E-state index in [0.29, 0.717) is 11.8 Å². The van der Waals surface area contributed by atoms with Crippen LogP contribution in [0.15, 0.2) is 0 Å². The molecule has 0 radical (unpaired) electrons. The predicted octanol–water partition coefficient (Wildman–Crippen LogP) is 3.30. The van der Waals surface area contributed by atoms with Gasteiger partial charge in [-0.05, 0) is 31.1 Å². The number of unbranched alkanes of at least 4 members (excludes halogenated alkanes) is 1. The molecule has 1 N–H and O–H groups in total. The third-order valence-corrected chi connectivity index (χ3v) is 2.86. The summed E-state index contributed by atoms with van der Waals surface area (Å²) in [6.07, 6.45) is 5.83. The summed E-state index contributed by atoms with van der Waals surface area (Å²) in [4.78, 5) is 10.9. The van der Waals surface area contributed by atoms with E-state index in [1.54, 1.807) is 0 Å². The number of hydrogen-bond acceptors (Lipinski definition) is 3. The van der Waals surface area contributed by atoms with Gasteiger partial charge in [-0.25, -0.2) is 0 Å². The van der Waals surface area contributed by atoms with Crippen LogP contribution in [0, 0.1) is 5.41 Å². The fourth-order valence-electron chi connectivity index (χ4n) is 1.76. The van der Waals surface area contributed by atoms with Crippen LogP contribution in [0.5, 0.6) is 0 Å². The van der Waals surface area contributed by atoms with Crippen molar-refractivity contribution in [1.29, 1.82) is 0 Å². The lowest BCUT2D eigenvalue weighted by atomic mass is 9.89. The summed E-state index contributed by atoms with van der Waals surface area (Å²) >= 11 is 0. The fourth-order valence-corrected chi connectivity index (χ4v) is 1.76. The Balaban J connectivity index is 3.41. The first-order chi connectivity index (χ1) is 7.85. The van der Waals surface area contributed by atoms with Gasteiger partial charge in [-0.1, -0.05) is 33.6 Å². The molecule has 1 atom stereocenters. The Morgan fingerprint density at radius 1 is 1.18 bits per heavy atom. The Hall–Kier alpha value is -0.570. The van der Waals surface area contributed by atoms with Crippen molar-refractivity contribution < 1.29 is 14.6 Å². The molecule has 0 heterocycles. The molecule has 0 aromatic heterocycles. The second-order valence-corrected chi connectivity index (χ2v) is 5.93. The highest BCUT2D eigenvalue weighted by atomic mass is 16.5. The normalized spacial score (nSPS) is 13.5. The number of aliphatic hydroxyl groups excluding tert-OH is 1. The minimum atomic E-state index is -0.213. The minimum absolute atomic E-state index is 0.160. The standard InChI is InChI=1S/C14H28O3/c1-14(2,3)11-7-9-12(15)8-5-6-10-13(16)17-4/h12,15H,5-11H2,1-4H3/t12-/m0/s1. The molecule has 17 heavy (non-hydrogen) atoms. The first-order valence-electron chi connectivity index (χ1n) is 6.60. The quantitative estimate of drug-likeness (QED) is 0.526. The van der Waals surface area contributed by atoms with E-state index in [1.807, 2.05) is 0 Å². The van der Waals surface area contributed by atoms with Gasteiger partial charge in [0.05, 0.1) is 13.2 Å². The van der Waals surface area contributed by atoms with Crippen LogP contribution in [-0.4, -0.2) is 24.3 Å². The van der Waals surface area contributed by atoms with Crippen molar-refractivity contribution >= 4 is 5.97 Å². The Kier molecular flexibility index (Phi) is 8.23. The lowest BCUT2D eigenvalue weighted by Gasteiger charge is -2.19. The minimum Gasteiger partial charge on any atom is -0.469 e. The van der Waals surface area contributed by atoms with Crippen LogP contribution in [0.25, 0.3) is 0 Å². The van der Waals surface area contributed by atoms with Gasteiger partial charge in [-0.3, -0.25) is 4.79 Å². The number of carbonyl (C=O) groups excluding carboxylic acids is 1. The van der Waals surface area contributed by atoms with Crippen molar-refractivity contribution in [2.45, 2.75) is 71.8 Å². The molecule has 0 aromatic rings. The Labute approximate surface area is 106 Å². The second-order valence-electron chi connectivity index (χ2n) is 5.93. The van der Waals surface area contributed by atoms with Crippen molar-refractivity contribution in [3.05, 3.63) is 0 Å². The zero-order valence-corrected chi connectivity index (χ0v) is 11.8. The van der Waals surface area contributed by atoms with Crippen molar-refractivity contribution in [2.75, 3.05) is 7.11 Å². The lowest BCUT2D eigenvalue weighted by molar-refractivity contribution is -0.140. The summed E-state index contributed by atoms with van der Waals surface area (Å²) in [5, 5.41) is 9.75. The maximum Gasteiger partial charge on any atom is 0.305 e. The summed E-state index contributed by atoms with van der Waals surface area (Å²) < 4.78 is 4.56. The molecule has 3 nitrogen and oxygen atoms in total. The van der Waals surface area contributed by atoms with Crippen LogP contribution in [-0.2, 0) is 9.53 Å². The molecule has 0 aliphatic heterocycles. The number of aliphatic hydroxyl groups is 1. The first kappa shape index (κ1) is 16.4. The number of methoxy groups -OCH3 is 1. The highest BCUT2D eigenvalue weighted by Gasteiger charge is 2.11. The fraction of sp³-hybridized carbons (Fsp3) is 0.929. The molecule has 0 aromatic carbocycles. The van der Waals surface area contributed by atoms with Crippen LogP contribution in [0.2, 0.25) is 0 Å². The van der Waals surface area contributed by atoms with Gasteiger partial charge in [-0.2, -0.15) is 0 Å². The number of rotatable bonds is 8. The van der Waals surface area contributed by atoms with E-state index >= 15 is 0 Å². The van der Waals surface area contributed by atoms with E-state index in [9.17, 15) is 9.90 Å². The Morgan fingerprint density at radius 2 is 1.76 bits per heavy atom. The average Bonchev–Trinajstić information content (AvgIpc) is 2.22. The summed E-state index contributed by atoms with van der Waals surface area (Å²) in [5.74, 6) is -0.160.